The van der Waals surface area contributed by atoms with Gasteiger partial charge in [-0.25, -0.2) is 0 Å². The van der Waals surface area contributed by atoms with Gasteiger partial charge >= 0.3 is 0 Å². The Morgan fingerprint density at radius 3 is 2.39 bits per heavy atom. The van der Waals surface area contributed by atoms with Crippen LogP contribution in [0.15, 0.2) is 59.9 Å². The molecule has 0 amide bonds. The Morgan fingerprint density at radius 1 is 1.12 bits per heavy atom. The number of nitrogens with one attached hydrogen (secondary N) is 2. The number of aliphatic hydroxyl groups is 1. The largest absolute Gasteiger partial charge is 0.384 e. The molecule has 170 valence electrons. The van der Waals surface area contributed by atoms with Crippen molar-refractivity contribution in [3.63, 3.8) is 0 Å². The Hall–Kier alpha value is -3.70. The van der Waals surface area contributed by atoms with E-state index in [1.54, 1.807) is 6.92 Å². The smallest absolute Gasteiger partial charge is 0.205 e. The summed E-state index contributed by atoms with van der Waals surface area (Å²) in [6, 6.07) is 18.4. The molecule has 1 aliphatic heterocycles. The lowest BCUT2D eigenvalue weighted by atomic mass is 9.97. The maximum Gasteiger partial charge on any atom is 0.205 e. The van der Waals surface area contributed by atoms with Crippen molar-refractivity contribution < 1.29 is 5.11 Å². The van der Waals surface area contributed by atoms with Crippen molar-refractivity contribution in [2.75, 3.05) is 4.90 Å². The number of hydrogen-bond acceptors (Lipinski definition) is 7. The molecular formula is C25H29N7O. The van der Waals surface area contributed by atoms with Crippen LogP contribution >= 0.6 is 0 Å². The zero-order valence-corrected chi connectivity index (χ0v) is 19.4. The molecule has 0 bridgehead atoms. The molecule has 2 aromatic carbocycles. The van der Waals surface area contributed by atoms with Gasteiger partial charge in [-0.2, -0.15) is 10.5 Å². The van der Waals surface area contributed by atoms with Crippen molar-refractivity contribution in [2.24, 2.45) is 0 Å². The third-order valence-electron chi connectivity index (χ3n) is 6.37. The molecule has 0 fully saturated rings. The van der Waals surface area contributed by atoms with Gasteiger partial charge in [0.25, 0.3) is 0 Å². The molecule has 0 spiro atoms. The first-order valence-corrected chi connectivity index (χ1v) is 11.2. The van der Waals surface area contributed by atoms with E-state index in [0.29, 0.717) is 23.6 Å². The molecule has 1 aromatic heterocycles. The highest BCUT2D eigenvalue weighted by molar-refractivity contribution is 5.81. The Bertz CT molecular complexity index is 1190. The summed E-state index contributed by atoms with van der Waals surface area (Å²) in [7, 11) is 0. The molecule has 4 rings (SSSR count). The molecule has 8 heteroatoms. The third-order valence-corrected chi connectivity index (χ3v) is 6.37. The molecule has 3 N–H and O–H groups in total. The van der Waals surface area contributed by atoms with Gasteiger partial charge in [0.15, 0.2) is 0 Å². The van der Waals surface area contributed by atoms with E-state index in [0.717, 1.165) is 35.2 Å². The van der Waals surface area contributed by atoms with Crippen LogP contribution < -0.4 is 10.2 Å². The fourth-order valence-electron chi connectivity index (χ4n) is 4.49. The van der Waals surface area contributed by atoms with Crippen LogP contribution in [0.4, 0.5) is 5.69 Å². The van der Waals surface area contributed by atoms with Crippen LogP contribution in [0.2, 0.25) is 0 Å². The van der Waals surface area contributed by atoms with E-state index >= 15 is 0 Å². The zero-order chi connectivity index (χ0) is 23.6. The van der Waals surface area contributed by atoms with E-state index < -0.39 is 11.3 Å². The maximum atomic E-state index is 11.0. The summed E-state index contributed by atoms with van der Waals surface area (Å²) in [4.78, 5) is 2.02. The van der Waals surface area contributed by atoms with E-state index in [-0.39, 0.29) is 0 Å². The van der Waals surface area contributed by atoms with Crippen molar-refractivity contribution in [2.45, 2.75) is 58.2 Å². The number of anilines is 1. The minimum atomic E-state index is -1.11. The Labute approximate surface area is 193 Å². The minimum absolute atomic E-state index is 0.456. The van der Waals surface area contributed by atoms with Gasteiger partial charge in [0.2, 0.25) is 5.82 Å². The topological polar surface area (TPSA) is 114 Å². The lowest BCUT2D eigenvalue weighted by Crippen LogP contribution is -2.51. The Balaban J connectivity index is 1.77. The molecule has 0 radical (unpaired) electrons. The van der Waals surface area contributed by atoms with Crippen molar-refractivity contribution >= 4 is 5.69 Å². The number of H-pyrrole nitrogens is 1. The quantitative estimate of drug-likeness (QED) is 0.497. The summed E-state index contributed by atoms with van der Waals surface area (Å²) < 4.78 is 0. The fraction of sp³-hybridized carbons (Fsp3) is 0.360. The summed E-state index contributed by atoms with van der Waals surface area (Å²) in [5, 5.41) is 39.0. The zero-order valence-electron chi connectivity index (χ0n) is 19.4. The maximum absolute atomic E-state index is 11.0. The number of rotatable bonds is 7. The van der Waals surface area contributed by atoms with Crippen LogP contribution in [-0.4, -0.2) is 37.0 Å². The second kappa shape index (κ2) is 8.68. The second-order valence-corrected chi connectivity index (χ2v) is 8.77. The number of benzene rings is 2. The van der Waals surface area contributed by atoms with Gasteiger partial charge < -0.3 is 15.3 Å². The summed E-state index contributed by atoms with van der Waals surface area (Å²) >= 11 is 0. The van der Waals surface area contributed by atoms with E-state index in [1.807, 2.05) is 60.4 Å². The van der Waals surface area contributed by atoms with Gasteiger partial charge in [0.1, 0.15) is 23.0 Å². The third kappa shape index (κ3) is 3.96. The molecule has 33 heavy (non-hydrogen) atoms. The van der Waals surface area contributed by atoms with Gasteiger partial charge in [-0.1, -0.05) is 56.7 Å². The van der Waals surface area contributed by atoms with Crippen molar-refractivity contribution in [1.29, 1.82) is 5.26 Å². The SMILES string of the molecule is CCCC1(C)NC(C(C)(O)CC)=C(C#N)N1c1ccc(-c2ccccc2-c2nn[nH]n2)cc1. The molecule has 2 unspecified atom stereocenters. The van der Waals surface area contributed by atoms with Gasteiger partial charge in [0, 0.05) is 11.3 Å². The summed E-state index contributed by atoms with van der Waals surface area (Å²) in [6.07, 6.45) is 2.24. The number of aromatic amines is 1. The number of allylic oxidation sites excluding steroid dienone is 1. The van der Waals surface area contributed by atoms with Gasteiger partial charge in [0.05, 0.1) is 5.70 Å². The van der Waals surface area contributed by atoms with E-state index in [9.17, 15) is 10.4 Å². The first-order valence-electron chi connectivity index (χ1n) is 11.2. The van der Waals surface area contributed by atoms with E-state index in [4.69, 9.17) is 0 Å². The molecule has 2 heterocycles. The molecule has 0 saturated carbocycles. The molecule has 0 aliphatic carbocycles. The van der Waals surface area contributed by atoms with E-state index in [2.05, 4.69) is 45.9 Å². The molecule has 2 atom stereocenters. The van der Waals surface area contributed by atoms with E-state index in [1.165, 1.54) is 0 Å². The Morgan fingerprint density at radius 2 is 1.82 bits per heavy atom. The molecular weight excluding hydrogens is 414 g/mol. The monoisotopic (exact) mass is 443 g/mol. The number of aromatic nitrogens is 4. The standard InChI is InChI=1S/C25H29N7O/c1-5-15-25(4)27-22(24(3,33)6-2)21(16-26)32(25)18-13-11-17(12-14-18)19-9-7-8-10-20(19)23-28-30-31-29-23/h7-14,27,33H,5-6,15H2,1-4H3,(H,28,29,30,31). The molecule has 3 aromatic rings. The van der Waals surface area contributed by atoms with Crippen molar-refractivity contribution in [3.05, 3.63) is 59.9 Å². The normalized spacial score (nSPS) is 19.8. The number of nitrogens with zero attached hydrogens (tertiary/aromatic N) is 5. The lowest BCUT2D eigenvalue weighted by molar-refractivity contribution is 0.0841. The predicted molar refractivity (Wildman–Crippen MR) is 128 cm³/mol. The highest BCUT2D eigenvalue weighted by atomic mass is 16.3. The van der Waals surface area contributed by atoms with Crippen LogP contribution in [0.5, 0.6) is 0 Å². The average Bonchev–Trinajstić information content (AvgIpc) is 3.46. The first-order chi connectivity index (χ1) is 15.8. The summed E-state index contributed by atoms with van der Waals surface area (Å²) in [5.74, 6) is 0.537. The highest BCUT2D eigenvalue weighted by Crippen LogP contribution is 2.41. The van der Waals surface area contributed by atoms with Gasteiger partial charge in [-0.05, 0) is 55.2 Å². The molecule has 0 saturated heterocycles. The molecule has 8 nitrogen and oxygen atoms in total. The number of nitriles is 1. The highest BCUT2D eigenvalue weighted by Gasteiger charge is 2.46. The summed E-state index contributed by atoms with van der Waals surface area (Å²) in [6.45, 7) is 7.86. The van der Waals surface area contributed by atoms with Crippen molar-refractivity contribution in [3.8, 4) is 28.6 Å². The van der Waals surface area contributed by atoms with Crippen LogP contribution in [0.1, 0.15) is 47.0 Å². The number of hydrogen-bond donors (Lipinski definition) is 3. The number of tetrazole rings is 1. The molecule has 1 aliphatic rings. The second-order valence-electron chi connectivity index (χ2n) is 8.77. The van der Waals surface area contributed by atoms with Crippen LogP contribution in [0.25, 0.3) is 22.5 Å². The van der Waals surface area contributed by atoms with Crippen LogP contribution in [0, 0.1) is 11.3 Å². The van der Waals surface area contributed by atoms with Crippen molar-refractivity contribution in [1.82, 2.24) is 25.9 Å². The first kappa shape index (κ1) is 22.5. The van der Waals surface area contributed by atoms with Crippen LogP contribution in [0.3, 0.4) is 0 Å². The summed E-state index contributed by atoms with van der Waals surface area (Å²) in [5.41, 5.74) is 3.18. The van der Waals surface area contributed by atoms with Gasteiger partial charge in [-0.15, -0.1) is 10.2 Å². The van der Waals surface area contributed by atoms with Gasteiger partial charge in [-0.3, -0.25) is 0 Å². The Kier molecular flexibility index (Phi) is 5.91. The lowest BCUT2D eigenvalue weighted by Gasteiger charge is -2.38. The van der Waals surface area contributed by atoms with Crippen LogP contribution in [-0.2, 0) is 0 Å². The fourth-order valence-corrected chi connectivity index (χ4v) is 4.49. The average molecular weight is 444 g/mol. The predicted octanol–water partition coefficient (Wildman–Crippen LogP) is 4.36. The minimum Gasteiger partial charge on any atom is -0.384 e.